The Morgan fingerprint density at radius 3 is 2.71 bits per heavy atom. The number of benzene rings is 1. The lowest BCUT2D eigenvalue weighted by Gasteiger charge is -2.26. The van der Waals surface area contributed by atoms with Gasteiger partial charge in [0, 0.05) is 11.9 Å². The Morgan fingerprint density at radius 1 is 1.19 bits per heavy atom. The molecule has 0 unspecified atom stereocenters. The number of aliphatic carboxylic acids is 1. The van der Waals surface area contributed by atoms with E-state index in [0.717, 1.165) is 48.9 Å². The molecule has 0 saturated heterocycles. The number of hydrogen-bond donors (Lipinski definition) is 2. The first-order valence-electron chi connectivity index (χ1n) is 7.40. The fraction of sp³-hybridized carbons (Fsp3) is 0.438. The van der Waals surface area contributed by atoms with Crippen molar-refractivity contribution in [2.45, 2.75) is 25.7 Å². The molecule has 2 N–H and O–H groups in total. The summed E-state index contributed by atoms with van der Waals surface area (Å²) in [6.45, 7) is 0.841. The molecule has 5 heteroatoms. The van der Waals surface area contributed by atoms with Crippen LogP contribution < -0.4 is 5.32 Å². The van der Waals surface area contributed by atoms with Crippen LogP contribution in [0.3, 0.4) is 0 Å². The molecule has 1 aromatic heterocycles. The van der Waals surface area contributed by atoms with Gasteiger partial charge in [-0.3, -0.25) is 4.79 Å². The number of carboxylic acid groups (broad SMARTS) is 1. The summed E-state index contributed by atoms with van der Waals surface area (Å²) in [5.74, 6) is 0.583. The Labute approximate surface area is 123 Å². The number of rotatable bonds is 4. The number of nitrogens with zero attached hydrogens (tertiary/aromatic N) is 2. The summed E-state index contributed by atoms with van der Waals surface area (Å²) in [4.78, 5) is 19.5. The van der Waals surface area contributed by atoms with Crippen molar-refractivity contribution in [1.82, 2.24) is 9.97 Å². The zero-order valence-corrected chi connectivity index (χ0v) is 11.8. The van der Waals surface area contributed by atoms with E-state index in [4.69, 9.17) is 5.11 Å². The summed E-state index contributed by atoms with van der Waals surface area (Å²) in [5.41, 5.74) is 0.935. The smallest absolute Gasteiger partial charge is 0.306 e. The largest absolute Gasteiger partial charge is 0.481 e. The number of fused-ring (bicyclic) bond motifs is 1. The van der Waals surface area contributed by atoms with Gasteiger partial charge in [-0.05, 0) is 43.7 Å². The van der Waals surface area contributed by atoms with Crippen LogP contribution in [0, 0.1) is 11.8 Å². The molecule has 5 nitrogen and oxygen atoms in total. The lowest BCUT2D eigenvalue weighted by molar-refractivity contribution is -0.143. The molecular formula is C16H19N3O2. The minimum Gasteiger partial charge on any atom is -0.481 e. The highest BCUT2D eigenvalue weighted by molar-refractivity contribution is 5.88. The lowest BCUT2D eigenvalue weighted by Crippen LogP contribution is -2.25. The zero-order chi connectivity index (χ0) is 14.7. The van der Waals surface area contributed by atoms with Gasteiger partial charge in [0.15, 0.2) is 0 Å². The molecule has 1 aliphatic carbocycles. The third kappa shape index (κ3) is 3.12. The molecule has 0 atom stereocenters. The Kier molecular flexibility index (Phi) is 3.99. The lowest BCUT2D eigenvalue weighted by atomic mass is 9.82. The van der Waals surface area contributed by atoms with E-state index in [0.29, 0.717) is 5.92 Å². The summed E-state index contributed by atoms with van der Waals surface area (Å²) >= 11 is 0. The second kappa shape index (κ2) is 6.08. The van der Waals surface area contributed by atoms with E-state index in [2.05, 4.69) is 15.3 Å². The van der Waals surface area contributed by atoms with Crippen molar-refractivity contribution in [2.24, 2.45) is 11.8 Å². The third-order valence-electron chi connectivity index (χ3n) is 4.30. The predicted molar refractivity (Wildman–Crippen MR) is 81.1 cm³/mol. The van der Waals surface area contributed by atoms with Gasteiger partial charge in [-0.15, -0.1) is 0 Å². The number of carboxylic acids is 1. The van der Waals surface area contributed by atoms with Gasteiger partial charge in [-0.25, -0.2) is 9.97 Å². The maximum atomic E-state index is 11.0. The number of hydrogen-bond acceptors (Lipinski definition) is 4. The summed E-state index contributed by atoms with van der Waals surface area (Å²) in [5, 5.41) is 13.4. The quantitative estimate of drug-likeness (QED) is 0.903. The maximum Gasteiger partial charge on any atom is 0.306 e. The van der Waals surface area contributed by atoms with Crippen LogP contribution in [-0.4, -0.2) is 27.6 Å². The van der Waals surface area contributed by atoms with Gasteiger partial charge in [-0.2, -0.15) is 0 Å². The molecule has 0 aliphatic heterocycles. The normalized spacial score (nSPS) is 22.1. The highest BCUT2D eigenvalue weighted by Gasteiger charge is 2.25. The van der Waals surface area contributed by atoms with Crippen molar-refractivity contribution in [1.29, 1.82) is 0 Å². The van der Waals surface area contributed by atoms with Crippen LogP contribution in [0.1, 0.15) is 25.7 Å². The molecule has 0 bridgehead atoms. The molecule has 0 spiro atoms. The van der Waals surface area contributed by atoms with E-state index in [1.807, 2.05) is 24.3 Å². The zero-order valence-electron chi connectivity index (χ0n) is 11.8. The van der Waals surface area contributed by atoms with Gasteiger partial charge in [0.05, 0.1) is 11.4 Å². The van der Waals surface area contributed by atoms with Gasteiger partial charge in [0.1, 0.15) is 12.1 Å². The van der Waals surface area contributed by atoms with Crippen molar-refractivity contribution in [3.8, 4) is 0 Å². The molecule has 2 aromatic rings. The highest BCUT2D eigenvalue weighted by Crippen LogP contribution is 2.29. The van der Waals surface area contributed by atoms with Crippen LogP contribution in [0.25, 0.3) is 10.9 Å². The Balaban J connectivity index is 1.61. The summed E-state index contributed by atoms with van der Waals surface area (Å²) in [6, 6.07) is 7.93. The highest BCUT2D eigenvalue weighted by atomic mass is 16.4. The van der Waals surface area contributed by atoms with Crippen LogP contribution in [0.2, 0.25) is 0 Å². The van der Waals surface area contributed by atoms with Gasteiger partial charge in [-0.1, -0.05) is 12.1 Å². The fourth-order valence-electron chi connectivity index (χ4n) is 3.00. The number of para-hydroxylation sites is 1. The van der Waals surface area contributed by atoms with Crippen molar-refractivity contribution in [3.05, 3.63) is 30.6 Å². The van der Waals surface area contributed by atoms with Crippen molar-refractivity contribution >= 4 is 22.7 Å². The second-order valence-corrected chi connectivity index (χ2v) is 5.68. The maximum absolute atomic E-state index is 11.0. The monoisotopic (exact) mass is 285 g/mol. The molecule has 1 fully saturated rings. The molecular weight excluding hydrogens is 266 g/mol. The number of aromatic nitrogens is 2. The number of nitrogens with one attached hydrogen (secondary N) is 1. The van der Waals surface area contributed by atoms with Crippen molar-refractivity contribution in [3.63, 3.8) is 0 Å². The average Bonchev–Trinajstić information content (AvgIpc) is 2.53. The molecule has 1 aromatic carbocycles. The van der Waals surface area contributed by atoms with Crippen LogP contribution in [-0.2, 0) is 4.79 Å². The summed E-state index contributed by atoms with van der Waals surface area (Å²) in [6.07, 6.45) is 5.07. The number of anilines is 1. The second-order valence-electron chi connectivity index (χ2n) is 5.68. The average molecular weight is 285 g/mol. The van der Waals surface area contributed by atoms with E-state index in [1.54, 1.807) is 6.33 Å². The molecule has 110 valence electrons. The topological polar surface area (TPSA) is 75.1 Å². The first kappa shape index (κ1) is 13.8. The van der Waals surface area contributed by atoms with Gasteiger partial charge < -0.3 is 10.4 Å². The Hall–Kier alpha value is -2.17. The van der Waals surface area contributed by atoms with E-state index < -0.39 is 5.97 Å². The summed E-state index contributed by atoms with van der Waals surface area (Å²) in [7, 11) is 0. The standard InChI is InChI=1S/C16H19N3O2/c20-16(21)12-7-5-11(6-8-12)9-17-15-13-3-1-2-4-14(13)18-10-19-15/h1-4,10-12H,5-9H2,(H,20,21)(H,17,18,19). The van der Waals surface area contributed by atoms with E-state index in [9.17, 15) is 4.79 Å². The van der Waals surface area contributed by atoms with Crippen LogP contribution in [0.4, 0.5) is 5.82 Å². The molecule has 0 amide bonds. The first-order valence-corrected chi connectivity index (χ1v) is 7.40. The Bertz CT molecular complexity index is 631. The molecule has 1 saturated carbocycles. The van der Waals surface area contributed by atoms with Gasteiger partial charge in [0.25, 0.3) is 0 Å². The molecule has 3 rings (SSSR count). The van der Waals surface area contributed by atoms with Crippen molar-refractivity contribution < 1.29 is 9.90 Å². The number of carbonyl (C=O) groups is 1. The Morgan fingerprint density at radius 2 is 1.95 bits per heavy atom. The molecule has 1 aliphatic rings. The fourth-order valence-corrected chi connectivity index (χ4v) is 3.00. The van der Waals surface area contributed by atoms with E-state index in [-0.39, 0.29) is 5.92 Å². The molecule has 21 heavy (non-hydrogen) atoms. The van der Waals surface area contributed by atoms with Crippen LogP contribution >= 0.6 is 0 Å². The summed E-state index contributed by atoms with van der Waals surface area (Å²) < 4.78 is 0. The van der Waals surface area contributed by atoms with Crippen LogP contribution in [0.5, 0.6) is 0 Å². The van der Waals surface area contributed by atoms with E-state index in [1.165, 1.54) is 0 Å². The van der Waals surface area contributed by atoms with Crippen molar-refractivity contribution in [2.75, 3.05) is 11.9 Å². The molecule has 1 heterocycles. The molecule has 0 radical (unpaired) electrons. The van der Waals surface area contributed by atoms with Gasteiger partial charge >= 0.3 is 5.97 Å². The SMILES string of the molecule is O=C(O)C1CCC(CNc2ncnc3ccccc23)CC1. The minimum absolute atomic E-state index is 0.152. The first-order chi connectivity index (χ1) is 10.2. The van der Waals surface area contributed by atoms with E-state index >= 15 is 0 Å². The van der Waals surface area contributed by atoms with Crippen LogP contribution in [0.15, 0.2) is 30.6 Å². The third-order valence-corrected chi connectivity index (χ3v) is 4.30. The van der Waals surface area contributed by atoms with Gasteiger partial charge in [0.2, 0.25) is 0 Å². The predicted octanol–water partition coefficient (Wildman–Crippen LogP) is 2.93. The minimum atomic E-state index is -0.650.